The van der Waals surface area contributed by atoms with Gasteiger partial charge in [0.2, 0.25) is 10.0 Å². The number of sulfonamides is 1. The summed E-state index contributed by atoms with van der Waals surface area (Å²) in [6, 6.07) is 5.14. The van der Waals surface area contributed by atoms with Crippen LogP contribution in [0.25, 0.3) is 0 Å². The highest BCUT2D eigenvalue weighted by atomic mass is 32.2. The lowest BCUT2D eigenvalue weighted by Gasteiger charge is -2.20. The Kier molecular flexibility index (Phi) is 4.12. The number of β-amino-alcohol motifs (C(OH)–C–C–N with tert-alkyl or cyclic N) is 1. The van der Waals surface area contributed by atoms with Crippen molar-refractivity contribution in [1.29, 1.82) is 0 Å². The number of aryl methyl sites for hydroxylation is 1. The zero-order valence-electron chi connectivity index (χ0n) is 11.1. The Bertz CT molecular complexity index is 596. The highest BCUT2D eigenvalue weighted by Crippen LogP contribution is 2.26. The van der Waals surface area contributed by atoms with E-state index in [2.05, 4.69) is 0 Å². The first-order valence-corrected chi connectivity index (χ1v) is 7.82. The molecule has 0 unspecified atom stereocenters. The molecule has 0 saturated carbocycles. The highest BCUT2D eigenvalue weighted by molar-refractivity contribution is 7.89. The molecule has 6 nitrogen and oxygen atoms in total. The van der Waals surface area contributed by atoms with Gasteiger partial charge in [0.15, 0.2) is 0 Å². The molecular weight excluding hydrogens is 282 g/mol. The molecule has 0 radical (unpaired) electrons. The average Bonchev–Trinajstić information content (AvgIpc) is 2.82. The summed E-state index contributed by atoms with van der Waals surface area (Å²) in [7, 11) is -3.90. The number of aliphatic carboxylic acids is 1. The molecule has 0 amide bonds. The molecule has 7 heteroatoms. The van der Waals surface area contributed by atoms with E-state index in [1.807, 2.05) is 6.92 Å². The molecule has 1 heterocycles. The minimum atomic E-state index is -3.90. The Hall–Kier alpha value is -1.44. The van der Waals surface area contributed by atoms with E-state index in [1.165, 1.54) is 12.1 Å². The molecule has 1 aliphatic rings. The smallest absolute Gasteiger partial charge is 0.322 e. The van der Waals surface area contributed by atoms with Crippen LogP contribution in [-0.4, -0.2) is 47.6 Å². The van der Waals surface area contributed by atoms with Crippen LogP contribution in [0.5, 0.6) is 0 Å². The Labute approximate surface area is 117 Å². The second-order valence-electron chi connectivity index (χ2n) is 4.82. The van der Waals surface area contributed by atoms with Crippen molar-refractivity contribution in [1.82, 2.24) is 4.31 Å². The molecule has 1 fully saturated rings. The van der Waals surface area contributed by atoms with Crippen LogP contribution in [0.1, 0.15) is 18.9 Å². The molecule has 2 rings (SSSR count). The maximum absolute atomic E-state index is 12.4. The van der Waals surface area contributed by atoms with Crippen LogP contribution in [0.4, 0.5) is 0 Å². The molecule has 1 aromatic rings. The molecule has 2 N–H and O–H groups in total. The third-order valence-electron chi connectivity index (χ3n) is 3.46. The Morgan fingerprint density at radius 3 is 2.45 bits per heavy atom. The van der Waals surface area contributed by atoms with Crippen LogP contribution < -0.4 is 0 Å². The predicted molar refractivity (Wildman–Crippen MR) is 71.8 cm³/mol. The average molecular weight is 299 g/mol. The fourth-order valence-corrected chi connectivity index (χ4v) is 3.94. The first-order valence-electron chi connectivity index (χ1n) is 6.38. The fourth-order valence-electron chi connectivity index (χ4n) is 2.31. The molecular formula is C13H17NO5S. The first kappa shape index (κ1) is 15.0. The maximum atomic E-state index is 12.4. The largest absolute Gasteiger partial charge is 0.480 e. The van der Waals surface area contributed by atoms with Crippen LogP contribution in [0, 0.1) is 0 Å². The Morgan fingerprint density at radius 2 is 1.95 bits per heavy atom. The van der Waals surface area contributed by atoms with Crippen molar-refractivity contribution in [3.8, 4) is 0 Å². The van der Waals surface area contributed by atoms with E-state index in [4.69, 9.17) is 5.11 Å². The fraction of sp³-hybridized carbons (Fsp3) is 0.462. The van der Waals surface area contributed by atoms with E-state index in [1.54, 1.807) is 12.1 Å². The van der Waals surface area contributed by atoms with Crippen molar-refractivity contribution in [2.45, 2.75) is 36.8 Å². The number of hydrogen-bond donors (Lipinski definition) is 2. The predicted octanol–water partition coefficient (Wildman–Crippen LogP) is 0.457. The molecule has 1 aliphatic heterocycles. The summed E-state index contributed by atoms with van der Waals surface area (Å²) in [5, 5.41) is 18.6. The number of aliphatic hydroxyl groups excluding tert-OH is 1. The van der Waals surface area contributed by atoms with Gasteiger partial charge in [-0.15, -0.1) is 0 Å². The summed E-state index contributed by atoms with van der Waals surface area (Å²) in [5.74, 6) is -1.24. The second kappa shape index (κ2) is 5.51. The van der Waals surface area contributed by atoms with Crippen molar-refractivity contribution in [3.63, 3.8) is 0 Å². The SMILES string of the molecule is CCc1ccc(S(=O)(=O)N2C[C@H](O)C[C@@H]2C(=O)O)cc1. The number of carboxylic acid groups (broad SMARTS) is 1. The summed E-state index contributed by atoms with van der Waals surface area (Å²) < 4.78 is 25.8. The van der Waals surface area contributed by atoms with Crippen LogP contribution >= 0.6 is 0 Å². The van der Waals surface area contributed by atoms with Gasteiger partial charge in [0.05, 0.1) is 11.0 Å². The quantitative estimate of drug-likeness (QED) is 0.842. The van der Waals surface area contributed by atoms with Gasteiger partial charge in [0.1, 0.15) is 6.04 Å². The van der Waals surface area contributed by atoms with E-state index in [0.717, 1.165) is 16.3 Å². The monoisotopic (exact) mass is 299 g/mol. The standard InChI is InChI=1S/C13H17NO5S/c1-2-9-3-5-11(6-4-9)20(18,19)14-8-10(15)7-12(14)13(16)17/h3-6,10,12,15H,2,7-8H2,1H3,(H,16,17)/t10-,12-/m1/s1. The lowest BCUT2D eigenvalue weighted by Crippen LogP contribution is -2.40. The van der Waals surface area contributed by atoms with Crippen molar-refractivity contribution < 1.29 is 23.4 Å². The van der Waals surface area contributed by atoms with Crippen molar-refractivity contribution >= 4 is 16.0 Å². The van der Waals surface area contributed by atoms with Gasteiger partial charge < -0.3 is 10.2 Å². The molecule has 20 heavy (non-hydrogen) atoms. The minimum Gasteiger partial charge on any atom is -0.480 e. The van der Waals surface area contributed by atoms with Gasteiger partial charge in [-0.25, -0.2) is 8.42 Å². The van der Waals surface area contributed by atoms with Crippen LogP contribution in [0.15, 0.2) is 29.2 Å². The molecule has 0 spiro atoms. The van der Waals surface area contributed by atoms with E-state index in [0.29, 0.717) is 0 Å². The maximum Gasteiger partial charge on any atom is 0.322 e. The van der Waals surface area contributed by atoms with Crippen molar-refractivity contribution in [2.24, 2.45) is 0 Å². The van der Waals surface area contributed by atoms with Crippen molar-refractivity contribution in [2.75, 3.05) is 6.54 Å². The molecule has 2 atom stereocenters. The number of nitrogens with zero attached hydrogens (tertiary/aromatic N) is 1. The summed E-state index contributed by atoms with van der Waals surface area (Å²) >= 11 is 0. The summed E-state index contributed by atoms with van der Waals surface area (Å²) in [6.07, 6.45) is -0.233. The van der Waals surface area contributed by atoms with E-state index < -0.39 is 28.1 Å². The molecule has 1 saturated heterocycles. The van der Waals surface area contributed by atoms with E-state index in [9.17, 15) is 18.3 Å². The summed E-state index contributed by atoms with van der Waals surface area (Å²) in [4.78, 5) is 11.2. The van der Waals surface area contributed by atoms with Crippen LogP contribution in [-0.2, 0) is 21.2 Å². The number of carboxylic acids is 1. The minimum absolute atomic E-state index is 0.0510. The van der Waals surface area contributed by atoms with E-state index >= 15 is 0 Å². The number of hydrogen-bond acceptors (Lipinski definition) is 4. The lowest BCUT2D eigenvalue weighted by atomic mass is 10.2. The first-order chi connectivity index (χ1) is 9.36. The lowest BCUT2D eigenvalue weighted by molar-refractivity contribution is -0.140. The third-order valence-corrected chi connectivity index (χ3v) is 5.35. The van der Waals surface area contributed by atoms with E-state index in [-0.39, 0.29) is 17.9 Å². The highest BCUT2D eigenvalue weighted by Gasteiger charge is 2.43. The number of carbonyl (C=O) groups is 1. The van der Waals surface area contributed by atoms with Gasteiger partial charge >= 0.3 is 5.97 Å². The number of benzene rings is 1. The number of rotatable bonds is 4. The van der Waals surface area contributed by atoms with Gasteiger partial charge in [0.25, 0.3) is 0 Å². The topological polar surface area (TPSA) is 94.9 Å². The van der Waals surface area contributed by atoms with Gasteiger partial charge in [-0.05, 0) is 24.1 Å². The molecule has 1 aromatic carbocycles. The van der Waals surface area contributed by atoms with Gasteiger partial charge in [0, 0.05) is 13.0 Å². The molecule has 0 bridgehead atoms. The Balaban J connectivity index is 2.35. The second-order valence-corrected chi connectivity index (χ2v) is 6.71. The summed E-state index contributed by atoms with van der Waals surface area (Å²) in [6.45, 7) is 1.77. The molecule has 110 valence electrons. The van der Waals surface area contributed by atoms with Crippen LogP contribution in [0.2, 0.25) is 0 Å². The zero-order chi connectivity index (χ0) is 14.9. The summed E-state index contributed by atoms with van der Waals surface area (Å²) in [5.41, 5.74) is 1.00. The molecule has 0 aliphatic carbocycles. The molecule has 0 aromatic heterocycles. The van der Waals surface area contributed by atoms with Gasteiger partial charge in [-0.2, -0.15) is 4.31 Å². The zero-order valence-corrected chi connectivity index (χ0v) is 11.9. The normalized spacial score (nSPS) is 23.9. The van der Waals surface area contributed by atoms with Crippen molar-refractivity contribution in [3.05, 3.63) is 29.8 Å². The van der Waals surface area contributed by atoms with Gasteiger partial charge in [-0.3, -0.25) is 4.79 Å². The van der Waals surface area contributed by atoms with Crippen LogP contribution in [0.3, 0.4) is 0 Å². The third kappa shape index (κ3) is 2.70. The Morgan fingerprint density at radius 1 is 1.35 bits per heavy atom. The van der Waals surface area contributed by atoms with Gasteiger partial charge in [-0.1, -0.05) is 19.1 Å². The number of aliphatic hydroxyl groups is 1.